The summed E-state index contributed by atoms with van der Waals surface area (Å²) in [5, 5.41) is 5.75. The second kappa shape index (κ2) is 11.2. The van der Waals surface area contributed by atoms with Crippen molar-refractivity contribution in [3.63, 3.8) is 0 Å². The molecule has 0 atom stereocenters. The average molecular weight is 398 g/mol. The van der Waals surface area contributed by atoms with Gasteiger partial charge >= 0.3 is 0 Å². The molecule has 0 unspecified atom stereocenters. The monoisotopic (exact) mass is 397 g/mol. The van der Waals surface area contributed by atoms with Crippen molar-refractivity contribution in [3.05, 3.63) is 53.6 Å². The van der Waals surface area contributed by atoms with E-state index in [-0.39, 0.29) is 18.4 Å². The number of hydrogen-bond acceptors (Lipinski definition) is 4. The molecule has 2 rings (SSSR count). The summed E-state index contributed by atoms with van der Waals surface area (Å²) < 4.78 is 5.53. The molecule has 29 heavy (non-hydrogen) atoms. The fourth-order valence-corrected chi connectivity index (χ4v) is 2.89. The molecule has 0 saturated heterocycles. The Labute approximate surface area is 173 Å². The minimum absolute atomic E-state index is 0.0453. The Balaban J connectivity index is 1.87. The van der Waals surface area contributed by atoms with Crippen LogP contribution in [0.15, 0.2) is 42.5 Å². The predicted octanol–water partition coefficient (Wildman–Crippen LogP) is 3.86. The maximum Gasteiger partial charge on any atom is 0.262 e. The first-order chi connectivity index (χ1) is 13.9. The molecule has 0 fully saturated rings. The van der Waals surface area contributed by atoms with Gasteiger partial charge in [0.15, 0.2) is 6.61 Å². The molecule has 0 saturated carbocycles. The lowest BCUT2D eigenvalue weighted by atomic mass is 10.1. The third-order valence-electron chi connectivity index (χ3n) is 4.75. The fraction of sp³-hybridized carbons (Fsp3) is 0.391. The quantitative estimate of drug-likeness (QED) is 0.639. The zero-order chi connectivity index (χ0) is 21.2. The number of hydrogen-bond donors (Lipinski definition) is 2. The molecule has 0 aliphatic rings. The first kappa shape index (κ1) is 22.4. The van der Waals surface area contributed by atoms with Gasteiger partial charge in [0.25, 0.3) is 5.91 Å². The number of anilines is 2. The summed E-state index contributed by atoms with van der Waals surface area (Å²) in [6.07, 6.45) is 0.964. The highest BCUT2D eigenvalue weighted by molar-refractivity contribution is 5.95. The number of carbonyl (C=O) groups excluding carboxylic acids is 2. The number of amides is 2. The molecule has 6 heteroatoms. The number of aryl methyl sites for hydroxylation is 2. The van der Waals surface area contributed by atoms with Gasteiger partial charge in [-0.2, -0.15) is 0 Å². The van der Waals surface area contributed by atoms with Crippen LogP contribution in [0.4, 0.5) is 11.4 Å². The predicted molar refractivity (Wildman–Crippen MR) is 118 cm³/mol. The van der Waals surface area contributed by atoms with Crippen LogP contribution in [-0.4, -0.2) is 43.0 Å². The van der Waals surface area contributed by atoms with E-state index in [1.807, 2.05) is 51.1 Å². The standard InChI is InChI=1S/C23H31N3O3/c1-5-18-8-11-20(12-9-18)29-16-23(28)24-19-10-13-21(17(4)14-19)25-22(27)15-26(6-2)7-3/h8-14H,5-7,15-16H2,1-4H3,(H,24,28)(H,25,27). The second-order valence-corrected chi connectivity index (χ2v) is 6.87. The van der Waals surface area contributed by atoms with Crippen LogP contribution in [0.25, 0.3) is 0 Å². The van der Waals surface area contributed by atoms with Crippen molar-refractivity contribution in [1.29, 1.82) is 0 Å². The van der Waals surface area contributed by atoms with Crippen LogP contribution in [0.3, 0.4) is 0 Å². The molecule has 0 radical (unpaired) electrons. The van der Waals surface area contributed by atoms with Crippen LogP contribution in [0.2, 0.25) is 0 Å². The van der Waals surface area contributed by atoms with E-state index < -0.39 is 0 Å². The van der Waals surface area contributed by atoms with Crippen molar-refractivity contribution < 1.29 is 14.3 Å². The van der Waals surface area contributed by atoms with Gasteiger partial charge in [-0.15, -0.1) is 0 Å². The smallest absolute Gasteiger partial charge is 0.262 e. The number of ether oxygens (including phenoxy) is 1. The SMILES string of the molecule is CCc1ccc(OCC(=O)Nc2ccc(NC(=O)CN(CC)CC)c(C)c2)cc1. The average Bonchev–Trinajstić information content (AvgIpc) is 2.72. The zero-order valence-corrected chi connectivity index (χ0v) is 17.7. The van der Waals surface area contributed by atoms with Gasteiger partial charge in [-0.3, -0.25) is 14.5 Å². The summed E-state index contributed by atoms with van der Waals surface area (Å²) in [6.45, 7) is 10.0. The maximum absolute atomic E-state index is 12.2. The van der Waals surface area contributed by atoms with Crippen LogP contribution in [0.1, 0.15) is 31.9 Å². The van der Waals surface area contributed by atoms with E-state index in [4.69, 9.17) is 4.74 Å². The third kappa shape index (κ3) is 7.23. The summed E-state index contributed by atoms with van der Waals surface area (Å²) in [6, 6.07) is 13.1. The number of carbonyl (C=O) groups is 2. The van der Waals surface area contributed by atoms with E-state index in [1.165, 1.54) is 5.56 Å². The van der Waals surface area contributed by atoms with Gasteiger partial charge in [-0.25, -0.2) is 0 Å². The summed E-state index contributed by atoms with van der Waals surface area (Å²) in [5.74, 6) is 0.387. The van der Waals surface area contributed by atoms with Crippen LogP contribution < -0.4 is 15.4 Å². The molecule has 156 valence electrons. The number of nitrogens with one attached hydrogen (secondary N) is 2. The lowest BCUT2D eigenvalue weighted by molar-refractivity contribution is -0.118. The molecule has 0 bridgehead atoms. The molecular formula is C23H31N3O3. The van der Waals surface area contributed by atoms with Crippen LogP contribution >= 0.6 is 0 Å². The minimum Gasteiger partial charge on any atom is -0.484 e. The van der Waals surface area contributed by atoms with Gasteiger partial charge in [-0.05, 0) is 67.9 Å². The number of likely N-dealkylation sites (N-methyl/N-ethyl adjacent to an activating group) is 1. The van der Waals surface area contributed by atoms with Gasteiger partial charge < -0.3 is 15.4 Å². The third-order valence-corrected chi connectivity index (χ3v) is 4.75. The molecule has 0 aliphatic carbocycles. The zero-order valence-electron chi connectivity index (χ0n) is 17.7. The van der Waals surface area contributed by atoms with Crippen molar-refractivity contribution in [2.75, 3.05) is 36.9 Å². The highest BCUT2D eigenvalue weighted by Gasteiger charge is 2.10. The normalized spacial score (nSPS) is 10.7. The Morgan fingerprint density at radius 1 is 0.931 bits per heavy atom. The van der Waals surface area contributed by atoms with Crippen LogP contribution in [0.5, 0.6) is 5.75 Å². The number of nitrogens with zero attached hydrogens (tertiary/aromatic N) is 1. The minimum atomic E-state index is -0.234. The van der Waals surface area contributed by atoms with Gasteiger partial charge in [0.1, 0.15) is 5.75 Å². The first-order valence-corrected chi connectivity index (χ1v) is 10.1. The van der Waals surface area contributed by atoms with E-state index >= 15 is 0 Å². The van der Waals surface area contributed by atoms with Gasteiger partial charge in [0.2, 0.25) is 5.91 Å². The van der Waals surface area contributed by atoms with Crippen molar-refractivity contribution in [1.82, 2.24) is 4.90 Å². The Kier molecular flexibility index (Phi) is 8.68. The summed E-state index contributed by atoms with van der Waals surface area (Å²) in [4.78, 5) is 26.4. The van der Waals surface area contributed by atoms with Crippen molar-refractivity contribution in [3.8, 4) is 5.75 Å². The van der Waals surface area contributed by atoms with Gasteiger partial charge in [0, 0.05) is 11.4 Å². The molecular weight excluding hydrogens is 366 g/mol. The molecule has 2 aromatic carbocycles. The highest BCUT2D eigenvalue weighted by atomic mass is 16.5. The number of rotatable bonds is 10. The molecule has 2 aromatic rings. The maximum atomic E-state index is 12.2. The van der Waals surface area contributed by atoms with Crippen molar-refractivity contribution in [2.45, 2.75) is 34.1 Å². The second-order valence-electron chi connectivity index (χ2n) is 6.87. The molecule has 0 aliphatic heterocycles. The molecule has 6 nitrogen and oxygen atoms in total. The molecule has 0 spiro atoms. The molecule has 0 aromatic heterocycles. The van der Waals surface area contributed by atoms with E-state index in [9.17, 15) is 9.59 Å². The van der Waals surface area contributed by atoms with E-state index in [0.29, 0.717) is 18.0 Å². The lowest BCUT2D eigenvalue weighted by Crippen LogP contribution is -2.33. The molecule has 0 heterocycles. The van der Waals surface area contributed by atoms with E-state index in [0.717, 1.165) is 30.8 Å². The largest absolute Gasteiger partial charge is 0.484 e. The van der Waals surface area contributed by atoms with E-state index in [1.54, 1.807) is 12.1 Å². The topological polar surface area (TPSA) is 70.7 Å². The van der Waals surface area contributed by atoms with Crippen LogP contribution in [-0.2, 0) is 16.0 Å². The summed E-state index contributed by atoms with van der Waals surface area (Å²) >= 11 is 0. The first-order valence-electron chi connectivity index (χ1n) is 10.1. The van der Waals surface area contributed by atoms with E-state index in [2.05, 4.69) is 22.5 Å². The molecule has 2 amide bonds. The number of benzene rings is 2. The molecule has 2 N–H and O–H groups in total. The van der Waals surface area contributed by atoms with Gasteiger partial charge in [0.05, 0.1) is 6.54 Å². The lowest BCUT2D eigenvalue weighted by Gasteiger charge is -2.18. The van der Waals surface area contributed by atoms with Crippen molar-refractivity contribution >= 4 is 23.2 Å². The summed E-state index contributed by atoms with van der Waals surface area (Å²) in [7, 11) is 0. The fourth-order valence-electron chi connectivity index (χ4n) is 2.89. The van der Waals surface area contributed by atoms with Crippen molar-refractivity contribution in [2.24, 2.45) is 0 Å². The Bertz CT molecular complexity index is 815. The van der Waals surface area contributed by atoms with Gasteiger partial charge in [-0.1, -0.05) is 32.9 Å². The van der Waals surface area contributed by atoms with Crippen LogP contribution in [0, 0.1) is 6.92 Å². The Morgan fingerprint density at radius 3 is 2.21 bits per heavy atom. The Hall–Kier alpha value is -2.86. The highest BCUT2D eigenvalue weighted by Crippen LogP contribution is 2.20. The summed E-state index contributed by atoms with van der Waals surface area (Å²) in [5.41, 5.74) is 3.51. The Morgan fingerprint density at radius 2 is 1.62 bits per heavy atom.